The zero-order valence-electron chi connectivity index (χ0n) is 14.4. The highest BCUT2D eigenvalue weighted by Crippen LogP contribution is 2.50. The molecule has 1 aliphatic rings. The second-order valence-corrected chi connectivity index (χ2v) is 7.72. The summed E-state index contributed by atoms with van der Waals surface area (Å²) < 4.78 is 56.4. The maximum Gasteiger partial charge on any atom is 0.400 e. The molecule has 0 saturated carbocycles. The van der Waals surface area contributed by atoms with Gasteiger partial charge in [-0.3, -0.25) is 0 Å². The van der Waals surface area contributed by atoms with Crippen molar-refractivity contribution in [2.24, 2.45) is 0 Å². The molecular weight excluding hydrogens is 462 g/mol. The van der Waals surface area contributed by atoms with Gasteiger partial charge in [-0.15, -0.1) is 0 Å². The predicted octanol–water partition coefficient (Wildman–Crippen LogP) is 2.24. The van der Waals surface area contributed by atoms with E-state index in [0.29, 0.717) is 11.3 Å². The second kappa shape index (κ2) is 8.44. The van der Waals surface area contributed by atoms with Crippen molar-refractivity contribution in [1.82, 2.24) is 0 Å². The molecule has 1 saturated heterocycles. The third-order valence-electron chi connectivity index (χ3n) is 5.02. The van der Waals surface area contributed by atoms with Crippen LogP contribution in [-0.4, -0.2) is 19.3 Å². The van der Waals surface area contributed by atoms with Gasteiger partial charge in [0.25, 0.3) is 0 Å². The Morgan fingerprint density at radius 1 is 1.07 bits per heavy atom. The van der Waals surface area contributed by atoms with Gasteiger partial charge in [-0.25, -0.2) is 4.39 Å². The average Bonchev–Trinajstić information content (AvgIpc) is 3.06. The maximum absolute atomic E-state index is 14.1. The molecule has 2 aromatic carbocycles. The van der Waals surface area contributed by atoms with Gasteiger partial charge in [-0.05, 0) is 42.3 Å². The predicted molar refractivity (Wildman–Crippen MR) is 99.0 cm³/mol. The number of quaternary nitrogens is 1. The van der Waals surface area contributed by atoms with Crippen LogP contribution in [-0.2, 0) is 12.0 Å². The number of hydrogen-bond acceptors (Lipinski definition) is 1. The molecule has 10 heteroatoms. The van der Waals surface area contributed by atoms with Crippen molar-refractivity contribution in [3.63, 3.8) is 0 Å². The van der Waals surface area contributed by atoms with Crippen LogP contribution >= 0.6 is 34.8 Å². The number of rotatable bonds is 3. The first-order valence-electron chi connectivity index (χ1n) is 8.13. The minimum atomic E-state index is -4.55. The van der Waals surface area contributed by atoms with E-state index in [1.807, 2.05) is 0 Å². The number of hydrogen-bond donors (Lipinski definition) is 1. The Hall–Kier alpha value is -0.920. The normalized spacial score (nSPS) is 19.6. The highest BCUT2D eigenvalue weighted by molar-refractivity contribution is 6.48. The number of nitrogens with zero attached hydrogens (tertiary/aromatic N) is 1. The Balaban J connectivity index is 0.00000280. The van der Waals surface area contributed by atoms with Crippen LogP contribution in [0, 0.1) is 5.82 Å². The van der Waals surface area contributed by atoms with Crippen LogP contribution in [0.2, 0.25) is 15.1 Å². The lowest BCUT2D eigenvalue weighted by Crippen LogP contribution is -3.00. The topological polar surface area (TPSA) is 30.9 Å². The third kappa shape index (κ3) is 4.03. The van der Waals surface area contributed by atoms with Gasteiger partial charge in [0, 0.05) is 24.3 Å². The largest absolute Gasteiger partial charge is 1.00 e. The van der Waals surface area contributed by atoms with Crippen LogP contribution in [0.3, 0.4) is 0 Å². The number of alkyl halides is 3. The number of anilines is 1. The fourth-order valence-corrected chi connectivity index (χ4v) is 4.02. The van der Waals surface area contributed by atoms with Gasteiger partial charge in [-0.1, -0.05) is 34.8 Å². The van der Waals surface area contributed by atoms with Gasteiger partial charge < -0.3 is 23.0 Å². The molecule has 28 heavy (non-hydrogen) atoms. The average molecular weight is 478 g/mol. The SMILES string of the molecule is [Cl-].[NH3+]Cc1ccc(N2CC[C@](c3cc(Cl)c(Cl)c(Cl)c3)(C(F)(F)F)C2)cc1F. The van der Waals surface area contributed by atoms with Gasteiger partial charge in [0.2, 0.25) is 0 Å². The van der Waals surface area contributed by atoms with Crippen molar-refractivity contribution in [1.29, 1.82) is 0 Å². The van der Waals surface area contributed by atoms with E-state index in [-0.39, 0.29) is 59.1 Å². The van der Waals surface area contributed by atoms with E-state index < -0.39 is 17.4 Å². The Morgan fingerprint density at radius 3 is 2.18 bits per heavy atom. The van der Waals surface area contributed by atoms with E-state index in [2.05, 4.69) is 5.73 Å². The van der Waals surface area contributed by atoms with Crippen LogP contribution in [0.1, 0.15) is 17.5 Å². The molecule has 0 spiro atoms. The molecule has 0 unspecified atom stereocenters. The van der Waals surface area contributed by atoms with E-state index in [9.17, 15) is 17.6 Å². The highest BCUT2D eigenvalue weighted by Gasteiger charge is 2.59. The van der Waals surface area contributed by atoms with Crippen molar-refractivity contribution in [3.8, 4) is 0 Å². The van der Waals surface area contributed by atoms with Gasteiger partial charge in [0.05, 0.1) is 15.1 Å². The van der Waals surface area contributed by atoms with Crippen LogP contribution in [0.4, 0.5) is 23.2 Å². The Bertz CT molecular complexity index is 852. The van der Waals surface area contributed by atoms with E-state index >= 15 is 0 Å². The van der Waals surface area contributed by atoms with Crippen molar-refractivity contribution in [2.45, 2.75) is 24.6 Å². The van der Waals surface area contributed by atoms with Gasteiger partial charge in [-0.2, -0.15) is 13.2 Å². The Kier molecular flexibility index (Phi) is 7.04. The lowest BCUT2D eigenvalue weighted by atomic mass is 9.79. The van der Waals surface area contributed by atoms with Crippen LogP contribution in [0.5, 0.6) is 0 Å². The molecular formula is C18H16Cl4F4N2. The molecule has 0 bridgehead atoms. The van der Waals surface area contributed by atoms with Crippen LogP contribution in [0.25, 0.3) is 0 Å². The summed E-state index contributed by atoms with van der Waals surface area (Å²) in [5.41, 5.74) is 2.20. The van der Waals surface area contributed by atoms with Crippen LogP contribution < -0.4 is 23.0 Å². The van der Waals surface area contributed by atoms with Gasteiger partial charge >= 0.3 is 6.18 Å². The zero-order valence-corrected chi connectivity index (χ0v) is 17.4. The molecule has 0 aromatic heterocycles. The summed E-state index contributed by atoms with van der Waals surface area (Å²) in [6.45, 7) is 0.00879. The first kappa shape index (κ1) is 23.4. The summed E-state index contributed by atoms with van der Waals surface area (Å²) in [6, 6.07) is 6.81. The van der Waals surface area contributed by atoms with E-state index in [1.54, 1.807) is 12.1 Å². The van der Waals surface area contributed by atoms with E-state index in [4.69, 9.17) is 34.8 Å². The Morgan fingerprint density at radius 2 is 1.68 bits per heavy atom. The number of halogens is 8. The van der Waals surface area contributed by atoms with Crippen molar-refractivity contribution < 1.29 is 35.7 Å². The quantitative estimate of drug-likeness (QED) is 0.533. The third-order valence-corrected chi connectivity index (χ3v) is 6.22. The minimum Gasteiger partial charge on any atom is -1.00 e. The van der Waals surface area contributed by atoms with Crippen molar-refractivity contribution in [2.75, 3.05) is 18.0 Å². The van der Waals surface area contributed by atoms with Crippen LogP contribution in [0.15, 0.2) is 30.3 Å². The summed E-state index contributed by atoms with van der Waals surface area (Å²) in [4.78, 5) is 1.51. The summed E-state index contributed by atoms with van der Waals surface area (Å²) in [5, 5.41) is -0.0562. The Labute approximate surface area is 180 Å². The lowest BCUT2D eigenvalue weighted by molar-refractivity contribution is -0.386. The molecule has 0 aliphatic carbocycles. The summed E-state index contributed by atoms with van der Waals surface area (Å²) in [7, 11) is 0. The molecule has 1 aliphatic heterocycles. The summed E-state index contributed by atoms with van der Waals surface area (Å²) in [6.07, 6.45) is -4.75. The number of benzene rings is 2. The second-order valence-electron chi connectivity index (χ2n) is 6.53. The first-order valence-corrected chi connectivity index (χ1v) is 9.27. The molecule has 3 rings (SSSR count). The molecule has 0 radical (unpaired) electrons. The summed E-state index contributed by atoms with van der Waals surface area (Å²) in [5.74, 6) is -0.482. The zero-order chi connectivity index (χ0) is 20.0. The fourth-order valence-electron chi connectivity index (χ4n) is 3.43. The smallest absolute Gasteiger partial charge is 0.400 e. The van der Waals surface area contributed by atoms with Crippen molar-refractivity contribution in [3.05, 3.63) is 62.3 Å². The van der Waals surface area contributed by atoms with Gasteiger partial charge in [0.15, 0.2) is 0 Å². The highest BCUT2D eigenvalue weighted by atomic mass is 35.5. The monoisotopic (exact) mass is 476 g/mol. The van der Waals surface area contributed by atoms with Gasteiger partial charge in [0.1, 0.15) is 17.8 Å². The molecule has 1 fully saturated rings. The lowest BCUT2D eigenvalue weighted by Gasteiger charge is -2.33. The maximum atomic E-state index is 14.1. The molecule has 3 N–H and O–H groups in total. The first-order chi connectivity index (χ1) is 12.6. The molecule has 2 nitrogen and oxygen atoms in total. The van der Waals surface area contributed by atoms with Crippen molar-refractivity contribution >= 4 is 40.5 Å². The summed E-state index contributed by atoms with van der Waals surface area (Å²) >= 11 is 17.8. The van der Waals surface area contributed by atoms with E-state index in [0.717, 1.165) is 0 Å². The molecule has 1 atom stereocenters. The fraction of sp³-hybridized carbons (Fsp3) is 0.333. The molecule has 154 valence electrons. The molecule has 0 amide bonds. The molecule has 1 heterocycles. The minimum absolute atomic E-state index is 0. The molecule has 2 aromatic rings. The standard InChI is InChI=1S/C18H15Cl3F4N2.ClH/c19-13-5-11(6-14(20)16(13)21)17(18(23,24)25)3-4-27(9-17)12-2-1-10(8-26)15(22)7-12;/h1-2,5-7H,3-4,8-9,26H2;1H/t17-;/m0./s1. The van der Waals surface area contributed by atoms with E-state index in [1.165, 1.54) is 23.1 Å².